The standard InChI is InChI=1S/C11H14NO4P.ClH/c1-8(2)10(11(13)14)12-17(15)16-9-6-4-3-5-7-9;/h3-8,10H,1-2H3,(H,13,14);1H. The Kier molecular flexibility index (Phi) is 7.51. The van der Waals surface area contributed by atoms with Gasteiger partial charge in [0.25, 0.3) is 0 Å². The molecule has 0 radical (unpaired) electrons. The first-order valence-corrected chi connectivity index (χ1v) is 6.27. The van der Waals surface area contributed by atoms with Gasteiger partial charge in [-0.25, -0.2) is 4.79 Å². The molecule has 0 fully saturated rings. The molecule has 0 heterocycles. The number of aliphatic carboxylic acids is 1. The molecule has 0 aliphatic rings. The SMILES string of the molecule is CC(C)C(N=[P+]([O-])Oc1ccccc1)C(=O)O.Cl. The summed E-state index contributed by atoms with van der Waals surface area (Å²) < 4.78 is 8.68. The molecule has 18 heavy (non-hydrogen) atoms. The summed E-state index contributed by atoms with van der Waals surface area (Å²) in [6, 6.07) is 7.51. The summed E-state index contributed by atoms with van der Waals surface area (Å²) >= 11 is 0. The summed E-state index contributed by atoms with van der Waals surface area (Å²) in [7, 11) is -2.37. The number of carboxylic acid groups (broad SMARTS) is 1. The highest BCUT2D eigenvalue weighted by Gasteiger charge is 2.25. The molecular weight excluding hydrogens is 277 g/mol. The van der Waals surface area contributed by atoms with Gasteiger partial charge in [-0.2, -0.15) is 0 Å². The third-order valence-corrected chi connectivity index (χ3v) is 2.83. The van der Waals surface area contributed by atoms with E-state index in [0.717, 1.165) is 0 Å². The van der Waals surface area contributed by atoms with E-state index < -0.39 is 20.2 Å². The van der Waals surface area contributed by atoms with Gasteiger partial charge in [0.05, 0.1) is 0 Å². The molecule has 0 saturated carbocycles. The zero-order chi connectivity index (χ0) is 12.8. The number of hydrogen-bond donors (Lipinski definition) is 1. The smallest absolute Gasteiger partial charge is 0.395 e. The average Bonchev–Trinajstić information content (AvgIpc) is 2.26. The van der Waals surface area contributed by atoms with Gasteiger partial charge in [-0.3, -0.25) is 4.52 Å². The van der Waals surface area contributed by atoms with E-state index in [4.69, 9.17) is 9.63 Å². The van der Waals surface area contributed by atoms with Gasteiger partial charge >= 0.3 is 14.1 Å². The number of nitrogens with zero attached hydrogens (tertiary/aromatic N) is 1. The second-order valence-corrected chi connectivity index (χ2v) is 4.67. The number of hydrogen-bond acceptors (Lipinski definition) is 4. The molecular formula is C11H15ClNO4P. The van der Waals surface area contributed by atoms with Crippen LogP contribution in [0.1, 0.15) is 13.8 Å². The highest BCUT2D eigenvalue weighted by molar-refractivity contribution is 7.34. The minimum Gasteiger partial charge on any atom is -0.575 e. The molecule has 0 amide bonds. The average molecular weight is 292 g/mol. The zero-order valence-corrected chi connectivity index (χ0v) is 11.7. The normalized spacial score (nSPS) is 12.8. The third-order valence-electron chi connectivity index (χ3n) is 2.03. The summed E-state index contributed by atoms with van der Waals surface area (Å²) in [6.07, 6.45) is 0. The number of carbonyl (C=O) groups is 1. The fraction of sp³-hybridized carbons (Fsp3) is 0.364. The third kappa shape index (κ3) is 5.45. The lowest BCUT2D eigenvalue weighted by molar-refractivity contribution is -0.169. The van der Waals surface area contributed by atoms with Crippen LogP contribution in [0.3, 0.4) is 0 Å². The Morgan fingerprint density at radius 1 is 1.39 bits per heavy atom. The Bertz CT molecular complexity index is 411. The van der Waals surface area contributed by atoms with Crippen molar-refractivity contribution in [2.24, 2.45) is 10.7 Å². The minimum atomic E-state index is -2.37. The van der Waals surface area contributed by atoms with E-state index >= 15 is 0 Å². The lowest BCUT2D eigenvalue weighted by Crippen LogP contribution is -2.24. The van der Waals surface area contributed by atoms with Crippen LogP contribution < -0.4 is 9.42 Å². The zero-order valence-electron chi connectivity index (χ0n) is 10.0. The van der Waals surface area contributed by atoms with Gasteiger partial charge in [0.2, 0.25) is 0 Å². The monoisotopic (exact) mass is 291 g/mol. The second kappa shape index (κ2) is 8.03. The lowest BCUT2D eigenvalue weighted by atomic mass is 10.1. The van der Waals surface area contributed by atoms with E-state index in [0.29, 0.717) is 5.75 Å². The molecule has 2 atom stereocenters. The lowest BCUT2D eigenvalue weighted by Gasteiger charge is -2.08. The summed E-state index contributed by atoms with van der Waals surface area (Å²) in [6.45, 7) is 3.40. The summed E-state index contributed by atoms with van der Waals surface area (Å²) in [5.41, 5.74) is 0. The first-order chi connectivity index (χ1) is 8.00. The summed E-state index contributed by atoms with van der Waals surface area (Å²) in [5.74, 6) is -0.920. The van der Waals surface area contributed by atoms with E-state index in [1.807, 2.05) is 0 Å². The van der Waals surface area contributed by atoms with Gasteiger partial charge < -0.3 is 10.00 Å². The van der Waals surface area contributed by atoms with Gasteiger partial charge in [-0.1, -0.05) is 36.8 Å². The second-order valence-electron chi connectivity index (χ2n) is 3.78. The van der Waals surface area contributed by atoms with Crippen LogP contribution in [0.15, 0.2) is 35.1 Å². The fourth-order valence-corrected chi connectivity index (χ4v) is 2.08. The van der Waals surface area contributed by atoms with E-state index in [2.05, 4.69) is 4.74 Å². The van der Waals surface area contributed by atoms with Crippen molar-refractivity contribution in [2.75, 3.05) is 0 Å². The highest BCUT2D eigenvalue weighted by Crippen LogP contribution is 2.25. The van der Waals surface area contributed by atoms with Crippen molar-refractivity contribution >= 4 is 26.5 Å². The molecule has 5 nitrogen and oxygen atoms in total. The van der Waals surface area contributed by atoms with E-state index in [1.165, 1.54) is 0 Å². The van der Waals surface area contributed by atoms with Gasteiger partial charge in [-0.15, -0.1) is 12.4 Å². The number of halogens is 1. The Morgan fingerprint density at radius 2 is 1.94 bits per heavy atom. The molecule has 1 aromatic carbocycles. The minimum absolute atomic E-state index is 0. The van der Waals surface area contributed by atoms with Crippen LogP contribution in [0.5, 0.6) is 5.75 Å². The van der Waals surface area contributed by atoms with Crippen LogP contribution in [0.2, 0.25) is 0 Å². The molecule has 0 aromatic heterocycles. The highest BCUT2D eigenvalue weighted by atomic mass is 35.5. The maximum Gasteiger partial charge on any atom is 0.395 e. The molecule has 0 saturated heterocycles. The van der Waals surface area contributed by atoms with E-state index in [-0.39, 0.29) is 18.3 Å². The molecule has 0 bridgehead atoms. The van der Waals surface area contributed by atoms with E-state index in [1.54, 1.807) is 44.2 Å². The molecule has 0 aliphatic carbocycles. The maximum atomic E-state index is 11.5. The fourth-order valence-electron chi connectivity index (χ4n) is 1.16. The van der Waals surface area contributed by atoms with Gasteiger partial charge in [0.1, 0.15) is 0 Å². The topological polar surface area (TPSA) is 82.0 Å². The Morgan fingerprint density at radius 3 is 2.39 bits per heavy atom. The van der Waals surface area contributed by atoms with Gasteiger partial charge in [0.15, 0.2) is 11.8 Å². The quantitative estimate of drug-likeness (QED) is 0.845. The van der Waals surface area contributed by atoms with Crippen LogP contribution in [0, 0.1) is 5.92 Å². The van der Waals surface area contributed by atoms with Crippen LogP contribution in [-0.4, -0.2) is 17.1 Å². The first kappa shape index (κ1) is 16.8. The molecule has 1 rings (SSSR count). The van der Waals surface area contributed by atoms with Crippen molar-refractivity contribution in [1.82, 2.24) is 0 Å². The first-order valence-electron chi connectivity index (χ1n) is 5.14. The molecule has 7 heteroatoms. The van der Waals surface area contributed by atoms with Crippen molar-refractivity contribution in [3.63, 3.8) is 0 Å². The summed E-state index contributed by atoms with van der Waals surface area (Å²) in [5, 5.41) is 8.88. The summed E-state index contributed by atoms with van der Waals surface area (Å²) in [4.78, 5) is 22.4. The Labute approximate surface area is 113 Å². The molecule has 0 spiro atoms. The van der Waals surface area contributed by atoms with Gasteiger partial charge in [-0.05, 0) is 18.1 Å². The number of benzene rings is 1. The van der Waals surface area contributed by atoms with Crippen LogP contribution in [-0.2, 0) is 4.79 Å². The van der Waals surface area contributed by atoms with Crippen molar-refractivity contribution in [3.8, 4) is 5.75 Å². The largest absolute Gasteiger partial charge is 0.575 e. The van der Waals surface area contributed by atoms with Crippen molar-refractivity contribution in [1.29, 1.82) is 0 Å². The number of rotatable bonds is 5. The van der Waals surface area contributed by atoms with Crippen molar-refractivity contribution in [3.05, 3.63) is 30.3 Å². The maximum absolute atomic E-state index is 11.5. The van der Waals surface area contributed by atoms with E-state index in [9.17, 15) is 9.69 Å². The van der Waals surface area contributed by atoms with Crippen molar-refractivity contribution in [2.45, 2.75) is 19.9 Å². The van der Waals surface area contributed by atoms with Gasteiger partial charge in [0, 0.05) is 0 Å². The molecule has 2 unspecified atom stereocenters. The van der Waals surface area contributed by atoms with Crippen LogP contribution >= 0.6 is 20.6 Å². The predicted octanol–water partition coefficient (Wildman–Crippen LogP) is 2.45. The number of para-hydroxylation sites is 1. The van der Waals surface area contributed by atoms with Crippen molar-refractivity contribution < 1.29 is 19.3 Å². The van der Waals surface area contributed by atoms with Crippen LogP contribution in [0.25, 0.3) is 0 Å². The molecule has 100 valence electrons. The number of carboxylic acids is 1. The Balaban J connectivity index is 0.00000289. The van der Waals surface area contributed by atoms with Crippen LogP contribution in [0.4, 0.5) is 0 Å². The Hall–Kier alpha value is -1.16. The molecule has 1 N–H and O–H groups in total. The molecule has 1 aromatic rings. The molecule has 0 aliphatic heterocycles. The predicted molar refractivity (Wildman–Crippen MR) is 69.9 cm³/mol.